The van der Waals surface area contributed by atoms with Crippen molar-refractivity contribution in [2.24, 2.45) is 0 Å². The Morgan fingerprint density at radius 1 is 1.57 bits per heavy atom. The molecule has 0 bridgehead atoms. The Balaban J connectivity index is 3.07. The lowest BCUT2D eigenvalue weighted by molar-refractivity contribution is 0.0696. The molecular formula is C10H6BrFO2. The van der Waals surface area contributed by atoms with E-state index in [0.29, 0.717) is 5.33 Å². The van der Waals surface area contributed by atoms with Crippen LogP contribution in [-0.4, -0.2) is 16.4 Å². The zero-order valence-electron chi connectivity index (χ0n) is 7.05. The highest BCUT2D eigenvalue weighted by Crippen LogP contribution is 2.09. The first kappa shape index (κ1) is 10.7. The number of carbonyl (C=O) groups is 1. The summed E-state index contributed by atoms with van der Waals surface area (Å²) in [5.41, 5.74) is 0.126. The van der Waals surface area contributed by atoms with Crippen LogP contribution in [0.15, 0.2) is 18.2 Å². The smallest absolute Gasteiger partial charge is 0.335 e. The molecule has 4 heteroatoms. The van der Waals surface area contributed by atoms with Crippen LogP contribution in [0.4, 0.5) is 4.39 Å². The van der Waals surface area contributed by atoms with E-state index in [2.05, 4.69) is 27.8 Å². The lowest BCUT2D eigenvalue weighted by Crippen LogP contribution is -1.97. The van der Waals surface area contributed by atoms with Crippen molar-refractivity contribution in [3.05, 3.63) is 35.1 Å². The van der Waals surface area contributed by atoms with Gasteiger partial charge in [-0.2, -0.15) is 0 Å². The number of halogens is 2. The van der Waals surface area contributed by atoms with E-state index in [1.807, 2.05) is 0 Å². The quantitative estimate of drug-likeness (QED) is 0.619. The third-order valence-electron chi connectivity index (χ3n) is 1.51. The number of hydrogen-bond donors (Lipinski definition) is 1. The number of hydrogen-bond acceptors (Lipinski definition) is 1. The Labute approximate surface area is 88.9 Å². The topological polar surface area (TPSA) is 37.3 Å². The van der Waals surface area contributed by atoms with Crippen molar-refractivity contribution >= 4 is 21.9 Å². The zero-order chi connectivity index (χ0) is 10.6. The van der Waals surface area contributed by atoms with Gasteiger partial charge in [0.2, 0.25) is 0 Å². The van der Waals surface area contributed by atoms with Gasteiger partial charge < -0.3 is 5.11 Å². The Hall–Kier alpha value is -1.34. The van der Waals surface area contributed by atoms with Crippen molar-refractivity contribution < 1.29 is 14.3 Å². The lowest BCUT2D eigenvalue weighted by Gasteiger charge is -1.96. The maximum absolute atomic E-state index is 13.2. The molecule has 0 aliphatic carbocycles. The van der Waals surface area contributed by atoms with Gasteiger partial charge in [-0.15, -0.1) is 0 Å². The van der Waals surface area contributed by atoms with Gasteiger partial charge in [-0.05, 0) is 18.2 Å². The molecule has 1 rings (SSSR count). The van der Waals surface area contributed by atoms with Gasteiger partial charge in [0.15, 0.2) is 0 Å². The minimum absolute atomic E-state index is 0.0770. The predicted molar refractivity (Wildman–Crippen MR) is 54.0 cm³/mol. The van der Waals surface area contributed by atoms with Gasteiger partial charge in [-0.1, -0.05) is 27.8 Å². The summed E-state index contributed by atoms with van der Waals surface area (Å²) in [6, 6.07) is 3.64. The van der Waals surface area contributed by atoms with Crippen LogP contribution in [0.2, 0.25) is 0 Å². The van der Waals surface area contributed by atoms with Crippen molar-refractivity contribution in [2.75, 3.05) is 5.33 Å². The van der Waals surface area contributed by atoms with Crippen molar-refractivity contribution in [2.45, 2.75) is 0 Å². The molecule has 0 saturated carbocycles. The zero-order valence-corrected chi connectivity index (χ0v) is 8.64. The number of benzene rings is 1. The molecule has 1 N–H and O–H groups in total. The van der Waals surface area contributed by atoms with Crippen LogP contribution in [0.1, 0.15) is 15.9 Å². The van der Waals surface area contributed by atoms with Gasteiger partial charge in [-0.3, -0.25) is 0 Å². The Bertz CT molecular complexity index is 418. The number of rotatable bonds is 1. The van der Waals surface area contributed by atoms with E-state index < -0.39 is 11.8 Å². The molecule has 0 saturated heterocycles. The van der Waals surface area contributed by atoms with Gasteiger partial charge in [0, 0.05) is 0 Å². The molecule has 0 aliphatic rings. The van der Waals surface area contributed by atoms with E-state index in [4.69, 9.17) is 5.11 Å². The summed E-state index contributed by atoms with van der Waals surface area (Å²) in [6.45, 7) is 0. The maximum Gasteiger partial charge on any atom is 0.335 e. The van der Waals surface area contributed by atoms with Crippen LogP contribution < -0.4 is 0 Å². The molecule has 0 fully saturated rings. The van der Waals surface area contributed by atoms with Crippen molar-refractivity contribution in [1.29, 1.82) is 0 Å². The molecule has 1 aromatic carbocycles. The van der Waals surface area contributed by atoms with Crippen LogP contribution in [-0.2, 0) is 0 Å². The summed E-state index contributed by atoms with van der Waals surface area (Å²) < 4.78 is 13.2. The minimum atomic E-state index is -1.15. The highest BCUT2D eigenvalue weighted by atomic mass is 79.9. The van der Waals surface area contributed by atoms with Crippen molar-refractivity contribution in [1.82, 2.24) is 0 Å². The van der Waals surface area contributed by atoms with Gasteiger partial charge in [-0.25, -0.2) is 9.18 Å². The fraction of sp³-hybridized carbons (Fsp3) is 0.100. The fourth-order valence-electron chi connectivity index (χ4n) is 0.878. The Morgan fingerprint density at radius 3 is 2.79 bits per heavy atom. The van der Waals surface area contributed by atoms with Gasteiger partial charge in [0.1, 0.15) is 5.82 Å². The standard InChI is InChI=1S/C10H6BrFO2/c11-5-1-2-7-3-4-8(10(13)14)6-9(7)12/h3-4,6H,5H2,(H,13,14). The lowest BCUT2D eigenvalue weighted by atomic mass is 10.1. The number of carboxylic acid groups (broad SMARTS) is 1. The fourth-order valence-corrected chi connectivity index (χ4v) is 1.02. The average molecular weight is 257 g/mol. The summed E-state index contributed by atoms with van der Waals surface area (Å²) in [6.07, 6.45) is 0. The highest BCUT2D eigenvalue weighted by molar-refractivity contribution is 9.09. The molecule has 0 radical (unpaired) electrons. The van der Waals surface area contributed by atoms with Crippen LogP contribution in [0.3, 0.4) is 0 Å². The second kappa shape index (κ2) is 4.77. The van der Waals surface area contributed by atoms with E-state index in [-0.39, 0.29) is 11.1 Å². The minimum Gasteiger partial charge on any atom is -0.478 e. The van der Waals surface area contributed by atoms with E-state index in [9.17, 15) is 9.18 Å². The van der Waals surface area contributed by atoms with Gasteiger partial charge >= 0.3 is 5.97 Å². The van der Waals surface area contributed by atoms with Crippen LogP contribution in [0.5, 0.6) is 0 Å². The summed E-state index contributed by atoms with van der Waals surface area (Å²) in [5, 5.41) is 9.02. The largest absolute Gasteiger partial charge is 0.478 e. The van der Waals surface area contributed by atoms with Gasteiger partial charge in [0.05, 0.1) is 16.5 Å². The molecule has 1 aromatic rings. The van der Waals surface area contributed by atoms with E-state index >= 15 is 0 Å². The molecule has 0 unspecified atom stereocenters. The second-order valence-electron chi connectivity index (χ2n) is 2.44. The molecule has 0 amide bonds. The molecular weight excluding hydrogens is 251 g/mol. The normalized spacial score (nSPS) is 9.00. The highest BCUT2D eigenvalue weighted by Gasteiger charge is 2.06. The molecule has 0 spiro atoms. The summed E-state index contributed by atoms with van der Waals surface area (Å²) in [7, 11) is 0. The number of carboxylic acids is 1. The first-order chi connectivity index (χ1) is 6.65. The monoisotopic (exact) mass is 256 g/mol. The van der Waals surface area contributed by atoms with Crippen molar-refractivity contribution in [3.63, 3.8) is 0 Å². The van der Waals surface area contributed by atoms with Crippen LogP contribution >= 0.6 is 15.9 Å². The van der Waals surface area contributed by atoms with E-state index in [0.717, 1.165) is 6.07 Å². The summed E-state index contributed by atoms with van der Waals surface area (Å²) in [5.74, 6) is 3.44. The third kappa shape index (κ3) is 2.57. The van der Waals surface area contributed by atoms with E-state index in [1.54, 1.807) is 0 Å². The first-order valence-corrected chi connectivity index (χ1v) is 4.85. The van der Waals surface area contributed by atoms with Crippen LogP contribution in [0, 0.1) is 17.7 Å². The number of aromatic carboxylic acids is 1. The molecule has 0 atom stereocenters. The number of alkyl halides is 1. The van der Waals surface area contributed by atoms with Gasteiger partial charge in [0.25, 0.3) is 0 Å². The average Bonchev–Trinajstić information content (AvgIpc) is 2.15. The summed E-state index contributed by atoms with van der Waals surface area (Å²) in [4.78, 5) is 10.5. The molecule has 0 aliphatic heterocycles. The van der Waals surface area contributed by atoms with Crippen LogP contribution in [0.25, 0.3) is 0 Å². The second-order valence-corrected chi connectivity index (χ2v) is 3.00. The molecule has 0 heterocycles. The summed E-state index contributed by atoms with van der Waals surface area (Å²) >= 11 is 3.08. The molecule has 72 valence electrons. The third-order valence-corrected chi connectivity index (χ3v) is 1.79. The Kier molecular flexibility index (Phi) is 3.66. The SMILES string of the molecule is O=C(O)c1ccc(C#CCBr)c(F)c1. The first-order valence-electron chi connectivity index (χ1n) is 3.73. The predicted octanol–water partition coefficient (Wildman–Crippen LogP) is 2.27. The molecule has 2 nitrogen and oxygen atoms in total. The molecule has 14 heavy (non-hydrogen) atoms. The Morgan fingerprint density at radius 2 is 2.29 bits per heavy atom. The van der Waals surface area contributed by atoms with Crippen molar-refractivity contribution in [3.8, 4) is 11.8 Å². The van der Waals surface area contributed by atoms with E-state index in [1.165, 1.54) is 12.1 Å². The maximum atomic E-state index is 13.2. The molecule has 0 aromatic heterocycles.